The van der Waals surface area contributed by atoms with Gasteiger partial charge in [-0.05, 0) is 39.9 Å². The fraction of sp³-hybridized carbons (Fsp3) is 0.857. The average molecular weight is 267 g/mol. The lowest BCUT2D eigenvalue weighted by Gasteiger charge is -2.32. The van der Waals surface area contributed by atoms with Crippen LogP contribution >= 0.6 is 0 Å². The SMILES string of the molecule is CN(C)CCCN1CCC(=O)NC2(CCCC2)C1=O. The third kappa shape index (κ3) is 3.26. The highest BCUT2D eigenvalue weighted by Crippen LogP contribution is 2.32. The van der Waals surface area contributed by atoms with Crippen molar-refractivity contribution in [1.29, 1.82) is 0 Å². The standard InChI is InChI=1S/C14H25N3O2/c1-16(2)9-5-10-17-11-6-12(18)15-14(13(17)19)7-3-4-8-14/h3-11H2,1-2H3,(H,15,18). The first kappa shape index (κ1) is 14.3. The van der Waals surface area contributed by atoms with Crippen LogP contribution in [0.25, 0.3) is 0 Å². The number of carbonyl (C=O) groups excluding carboxylic acids is 2. The summed E-state index contributed by atoms with van der Waals surface area (Å²) < 4.78 is 0. The molecule has 2 amide bonds. The van der Waals surface area contributed by atoms with E-state index in [4.69, 9.17) is 0 Å². The number of nitrogens with one attached hydrogen (secondary N) is 1. The molecule has 2 aliphatic rings. The van der Waals surface area contributed by atoms with Gasteiger partial charge in [0, 0.05) is 19.5 Å². The minimum Gasteiger partial charge on any atom is -0.342 e. The molecule has 1 saturated carbocycles. The maximum atomic E-state index is 12.7. The number of hydrogen-bond acceptors (Lipinski definition) is 3. The molecule has 1 spiro atoms. The third-order valence-corrected chi connectivity index (χ3v) is 4.17. The van der Waals surface area contributed by atoms with Crippen LogP contribution in [-0.2, 0) is 9.59 Å². The van der Waals surface area contributed by atoms with E-state index in [2.05, 4.69) is 10.2 Å². The predicted octanol–water partition coefficient (Wildman–Crippen LogP) is 0.599. The van der Waals surface area contributed by atoms with Crippen molar-refractivity contribution in [2.24, 2.45) is 0 Å². The topological polar surface area (TPSA) is 52.6 Å². The van der Waals surface area contributed by atoms with Crippen molar-refractivity contribution >= 4 is 11.8 Å². The second-order valence-corrected chi connectivity index (χ2v) is 6.04. The summed E-state index contributed by atoms with van der Waals surface area (Å²) in [4.78, 5) is 28.5. The summed E-state index contributed by atoms with van der Waals surface area (Å²) in [6, 6.07) is 0. The van der Waals surface area contributed by atoms with Crippen molar-refractivity contribution in [3.63, 3.8) is 0 Å². The second-order valence-electron chi connectivity index (χ2n) is 6.04. The smallest absolute Gasteiger partial charge is 0.248 e. The molecule has 5 nitrogen and oxygen atoms in total. The molecule has 1 N–H and O–H groups in total. The predicted molar refractivity (Wildman–Crippen MR) is 73.7 cm³/mol. The van der Waals surface area contributed by atoms with Crippen molar-refractivity contribution in [2.45, 2.75) is 44.1 Å². The Morgan fingerprint density at radius 3 is 2.58 bits per heavy atom. The monoisotopic (exact) mass is 267 g/mol. The first-order chi connectivity index (χ1) is 9.03. The van der Waals surface area contributed by atoms with Crippen LogP contribution in [0.3, 0.4) is 0 Å². The highest BCUT2D eigenvalue weighted by Gasteiger charge is 2.46. The highest BCUT2D eigenvalue weighted by atomic mass is 16.2. The molecule has 0 aromatic heterocycles. The van der Waals surface area contributed by atoms with E-state index in [1.54, 1.807) is 0 Å². The van der Waals surface area contributed by atoms with Gasteiger partial charge in [-0.25, -0.2) is 0 Å². The molecule has 0 unspecified atom stereocenters. The van der Waals surface area contributed by atoms with Crippen LogP contribution in [-0.4, -0.2) is 60.9 Å². The summed E-state index contributed by atoms with van der Waals surface area (Å²) in [7, 11) is 4.07. The molecule has 1 aliphatic carbocycles. The first-order valence-corrected chi connectivity index (χ1v) is 7.29. The Labute approximate surface area is 115 Å². The van der Waals surface area contributed by atoms with E-state index in [-0.39, 0.29) is 11.8 Å². The summed E-state index contributed by atoms with van der Waals surface area (Å²) >= 11 is 0. The molecule has 0 aromatic carbocycles. The molecular formula is C14H25N3O2. The molecule has 5 heteroatoms. The van der Waals surface area contributed by atoms with E-state index < -0.39 is 5.54 Å². The number of carbonyl (C=O) groups is 2. The second kappa shape index (κ2) is 5.90. The van der Waals surface area contributed by atoms with E-state index in [1.165, 1.54) is 0 Å². The zero-order valence-electron chi connectivity index (χ0n) is 12.1. The van der Waals surface area contributed by atoms with Gasteiger partial charge in [0.1, 0.15) is 5.54 Å². The van der Waals surface area contributed by atoms with Crippen LogP contribution in [0.2, 0.25) is 0 Å². The van der Waals surface area contributed by atoms with Gasteiger partial charge < -0.3 is 15.1 Å². The van der Waals surface area contributed by atoms with Gasteiger partial charge >= 0.3 is 0 Å². The largest absolute Gasteiger partial charge is 0.342 e. The summed E-state index contributed by atoms with van der Waals surface area (Å²) in [6.07, 6.45) is 5.09. The van der Waals surface area contributed by atoms with E-state index in [0.717, 1.165) is 45.2 Å². The Balaban J connectivity index is 2.02. The Bertz CT molecular complexity index is 349. The molecule has 0 aromatic rings. The van der Waals surface area contributed by atoms with E-state index >= 15 is 0 Å². The van der Waals surface area contributed by atoms with Gasteiger partial charge in [-0.2, -0.15) is 0 Å². The van der Waals surface area contributed by atoms with Gasteiger partial charge in [0.15, 0.2) is 0 Å². The molecule has 0 bridgehead atoms. The summed E-state index contributed by atoms with van der Waals surface area (Å²) in [6.45, 7) is 2.30. The number of rotatable bonds is 4. The third-order valence-electron chi connectivity index (χ3n) is 4.17. The molecule has 19 heavy (non-hydrogen) atoms. The van der Waals surface area contributed by atoms with Crippen molar-refractivity contribution in [1.82, 2.24) is 15.1 Å². The Hall–Kier alpha value is -1.10. The molecule has 108 valence electrons. The number of amides is 2. The Morgan fingerprint density at radius 2 is 1.95 bits per heavy atom. The quantitative estimate of drug-likeness (QED) is 0.811. The zero-order valence-corrected chi connectivity index (χ0v) is 12.1. The van der Waals surface area contributed by atoms with Crippen LogP contribution in [0.15, 0.2) is 0 Å². The molecular weight excluding hydrogens is 242 g/mol. The van der Waals surface area contributed by atoms with Gasteiger partial charge in [-0.3, -0.25) is 9.59 Å². The Kier molecular flexibility index (Phi) is 4.45. The summed E-state index contributed by atoms with van der Waals surface area (Å²) in [5.74, 6) is 0.181. The Morgan fingerprint density at radius 1 is 1.26 bits per heavy atom. The zero-order chi connectivity index (χ0) is 13.9. The van der Waals surface area contributed by atoms with Crippen LogP contribution < -0.4 is 5.32 Å². The van der Waals surface area contributed by atoms with Gasteiger partial charge in [0.25, 0.3) is 0 Å². The molecule has 1 aliphatic heterocycles. The lowest BCUT2D eigenvalue weighted by molar-refractivity contribution is -0.138. The molecule has 0 atom stereocenters. The minimum absolute atomic E-state index is 0.0327. The normalized spacial score (nSPS) is 23.0. The average Bonchev–Trinajstić information content (AvgIpc) is 2.77. The van der Waals surface area contributed by atoms with Crippen LogP contribution in [0.1, 0.15) is 38.5 Å². The molecule has 2 fully saturated rings. The van der Waals surface area contributed by atoms with Crippen molar-refractivity contribution < 1.29 is 9.59 Å². The fourth-order valence-electron chi connectivity index (χ4n) is 3.13. The maximum absolute atomic E-state index is 12.7. The van der Waals surface area contributed by atoms with Crippen LogP contribution in [0, 0.1) is 0 Å². The van der Waals surface area contributed by atoms with Crippen LogP contribution in [0.4, 0.5) is 0 Å². The van der Waals surface area contributed by atoms with Crippen molar-refractivity contribution in [2.75, 3.05) is 33.7 Å². The summed E-state index contributed by atoms with van der Waals surface area (Å²) in [5.41, 5.74) is -0.578. The molecule has 2 rings (SSSR count). The van der Waals surface area contributed by atoms with Crippen molar-refractivity contribution in [3.05, 3.63) is 0 Å². The lowest BCUT2D eigenvalue weighted by atomic mass is 9.96. The van der Waals surface area contributed by atoms with Gasteiger partial charge in [-0.1, -0.05) is 12.8 Å². The van der Waals surface area contributed by atoms with Crippen molar-refractivity contribution in [3.8, 4) is 0 Å². The van der Waals surface area contributed by atoms with E-state index in [0.29, 0.717) is 13.0 Å². The summed E-state index contributed by atoms with van der Waals surface area (Å²) in [5, 5.41) is 2.99. The molecule has 0 radical (unpaired) electrons. The number of nitrogens with zero attached hydrogens (tertiary/aromatic N) is 2. The van der Waals surface area contributed by atoms with E-state index in [9.17, 15) is 9.59 Å². The van der Waals surface area contributed by atoms with Gasteiger partial charge in [0.05, 0.1) is 0 Å². The van der Waals surface area contributed by atoms with Crippen LogP contribution in [0.5, 0.6) is 0 Å². The molecule has 1 saturated heterocycles. The first-order valence-electron chi connectivity index (χ1n) is 7.29. The highest BCUT2D eigenvalue weighted by molar-refractivity contribution is 5.93. The fourth-order valence-corrected chi connectivity index (χ4v) is 3.13. The molecule has 1 heterocycles. The van der Waals surface area contributed by atoms with E-state index in [1.807, 2.05) is 19.0 Å². The minimum atomic E-state index is -0.578. The van der Waals surface area contributed by atoms with Gasteiger partial charge in [-0.15, -0.1) is 0 Å². The lowest BCUT2D eigenvalue weighted by Crippen LogP contribution is -2.55. The van der Waals surface area contributed by atoms with Gasteiger partial charge in [0.2, 0.25) is 11.8 Å². The maximum Gasteiger partial charge on any atom is 0.248 e. The number of hydrogen-bond donors (Lipinski definition) is 1.